The van der Waals surface area contributed by atoms with Gasteiger partial charge in [-0.2, -0.15) is 0 Å². The van der Waals surface area contributed by atoms with Crippen LogP contribution >= 0.6 is 0 Å². The van der Waals surface area contributed by atoms with Crippen molar-refractivity contribution in [2.75, 3.05) is 6.61 Å². The minimum Gasteiger partial charge on any atom is -0.452 e. The fourth-order valence-electron chi connectivity index (χ4n) is 3.91. The second kappa shape index (κ2) is 9.25. The molecule has 2 atom stereocenters. The van der Waals surface area contributed by atoms with Crippen LogP contribution in [0.15, 0.2) is 42.5 Å². The number of fused-ring (bicyclic) bond motifs is 2. The van der Waals surface area contributed by atoms with E-state index < -0.39 is 18.4 Å². The van der Waals surface area contributed by atoms with Gasteiger partial charge in [-0.1, -0.05) is 50.2 Å². The number of benzene rings is 2. The van der Waals surface area contributed by atoms with Crippen molar-refractivity contribution in [2.24, 2.45) is 0 Å². The first-order chi connectivity index (χ1) is 14.8. The molecule has 0 heterocycles. The molecule has 0 N–H and O–H groups in total. The molecule has 0 saturated heterocycles. The zero-order valence-corrected chi connectivity index (χ0v) is 18.3. The van der Waals surface area contributed by atoms with E-state index in [1.165, 1.54) is 12.1 Å². The Hall–Kier alpha value is -3.28. The van der Waals surface area contributed by atoms with Crippen LogP contribution in [0.2, 0.25) is 0 Å². The van der Waals surface area contributed by atoms with Crippen LogP contribution in [0.4, 0.5) is 0 Å². The lowest BCUT2D eigenvalue weighted by molar-refractivity contribution is -0.139. The van der Waals surface area contributed by atoms with Crippen LogP contribution in [-0.4, -0.2) is 47.0 Å². The van der Waals surface area contributed by atoms with Crippen molar-refractivity contribution in [1.29, 1.82) is 0 Å². The van der Waals surface area contributed by atoms with Crippen LogP contribution in [0, 0.1) is 0 Å². The van der Waals surface area contributed by atoms with Crippen LogP contribution in [0.25, 0.3) is 0 Å². The van der Waals surface area contributed by atoms with E-state index in [-0.39, 0.29) is 46.0 Å². The maximum Gasteiger partial charge on any atom is 0.339 e. The van der Waals surface area contributed by atoms with Gasteiger partial charge >= 0.3 is 5.97 Å². The van der Waals surface area contributed by atoms with Gasteiger partial charge in [-0.05, 0) is 32.8 Å². The largest absolute Gasteiger partial charge is 0.452 e. The predicted octanol–water partition coefficient (Wildman–Crippen LogP) is 4.04. The van der Waals surface area contributed by atoms with Crippen molar-refractivity contribution in [1.82, 2.24) is 4.90 Å². The fraction of sp³-hybridized carbons (Fsp3) is 0.360. The highest BCUT2D eigenvalue weighted by Crippen LogP contribution is 2.29. The monoisotopic (exact) mass is 421 g/mol. The summed E-state index contributed by atoms with van der Waals surface area (Å²) in [5.41, 5.74) is 0.779. The number of carbonyl (C=O) groups excluding carboxylic acids is 4. The Morgan fingerprint density at radius 1 is 0.839 bits per heavy atom. The van der Waals surface area contributed by atoms with Gasteiger partial charge in [0, 0.05) is 34.3 Å². The van der Waals surface area contributed by atoms with Gasteiger partial charge in [0.1, 0.15) is 0 Å². The highest BCUT2D eigenvalue weighted by atomic mass is 16.5. The van der Waals surface area contributed by atoms with E-state index in [9.17, 15) is 19.2 Å². The fourth-order valence-corrected chi connectivity index (χ4v) is 3.91. The number of ketones is 2. The molecule has 1 aliphatic rings. The molecule has 31 heavy (non-hydrogen) atoms. The van der Waals surface area contributed by atoms with Crippen LogP contribution in [0.1, 0.15) is 82.7 Å². The average Bonchev–Trinajstić information content (AvgIpc) is 2.80. The molecule has 3 rings (SSSR count). The van der Waals surface area contributed by atoms with E-state index in [1.54, 1.807) is 35.2 Å². The van der Waals surface area contributed by atoms with Gasteiger partial charge in [0.25, 0.3) is 5.91 Å². The van der Waals surface area contributed by atoms with Gasteiger partial charge in [0.05, 0.1) is 5.56 Å². The quantitative estimate of drug-likeness (QED) is 0.538. The lowest BCUT2D eigenvalue weighted by Gasteiger charge is -2.33. The first kappa shape index (κ1) is 22.4. The van der Waals surface area contributed by atoms with Crippen molar-refractivity contribution in [3.63, 3.8) is 0 Å². The Bertz CT molecular complexity index is 1030. The van der Waals surface area contributed by atoms with Gasteiger partial charge in [-0.25, -0.2) is 4.79 Å². The lowest BCUT2D eigenvalue weighted by Crippen LogP contribution is -2.46. The maximum absolute atomic E-state index is 13.0. The standard InChI is InChI=1S/C25H27NO5/c1-5-15(3)26(16(4)6-2)21(27)14-31-25(30)20-13-9-12-19-22(20)24(29)18-11-8-7-10-17(18)23(19)28/h7-13,15-16H,5-6,14H2,1-4H3/t15-,16+. The highest BCUT2D eigenvalue weighted by molar-refractivity contribution is 6.30. The SMILES string of the molecule is CC[C@@H](C)N(C(=O)COC(=O)c1cccc2c1C(=O)c1ccccc1C2=O)[C@@H](C)CC. The molecule has 6 nitrogen and oxygen atoms in total. The van der Waals surface area contributed by atoms with Gasteiger partial charge in [-0.15, -0.1) is 0 Å². The molecule has 1 amide bonds. The number of rotatable bonds is 7. The molecular weight excluding hydrogens is 394 g/mol. The van der Waals surface area contributed by atoms with Crippen molar-refractivity contribution in [3.8, 4) is 0 Å². The zero-order chi connectivity index (χ0) is 22.7. The molecule has 0 bridgehead atoms. The number of esters is 1. The topological polar surface area (TPSA) is 80.8 Å². The molecule has 0 saturated carbocycles. The second-order valence-corrected chi connectivity index (χ2v) is 7.82. The summed E-state index contributed by atoms with van der Waals surface area (Å²) in [4.78, 5) is 53.2. The summed E-state index contributed by atoms with van der Waals surface area (Å²) in [7, 11) is 0. The molecule has 6 heteroatoms. The number of amides is 1. The Balaban J connectivity index is 1.85. The van der Waals surface area contributed by atoms with E-state index >= 15 is 0 Å². The number of hydrogen-bond donors (Lipinski definition) is 0. The molecule has 0 fully saturated rings. The summed E-state index contributed by atoms with van der Waals surface area (Å²) in [6.07, 6.45) is 1.57. The summed E-state index contributed by atoms with van der Waals surface area (Å²) < 4.78 is 5.30. The van der Waals surface area contributed by atoms with Gasteiger partial charge in [0.2, 0.25) is 0 Å². The lowest BCUT2D eigenvalue weighted by atomic mass is 9.82. The molecule has 2 aromatic rings. The molecule has 0 unspecified atom stereocenters. The summed E-state index contributed by atoms with van der Waals surface area (Å²) in [6.45, 7) is 7.49. The van der Waals surface area contributed by atoms with Crippen molar-refractivity contribution in [2.45, 2.75) is 52.6 Å². The average molecular weight is 421 g/mol. The first-order valence-corrected chi connectivity index (χ1v) is 10.6. The van der Waals surface area contributed by atoms with Crippen molar-refractivity contribution in [3.05, 3.63) is 70.3 Å². The smallest absolute Gasteiger partial charge is 0.339 e. The zero-order valence-electron chi connectivity index (χ0n) is 18.3. The van der Waals surface area contributed by atoms with Gasteiger partial charge in [0.15, 0.2) is 18.2 Å². The molecule has 0 aromatic heterocycles. The Morgan fingerprint density at radius 2 is 1.39 bits per heavy atom. The number of hydrogen-bond acceptors (Lipinski definition) is 5. The Kier molecular flexibility index (Phi) is 6.68. The molecule has 0 radical (unpaired) electrons. The van der Waals surface area contributed by atoms with Crippen molar-refractivity contribution < 1.29 is 23.9 Å². The summed E-state index contributed by atoms with van der Waals surface area (Å²) in [6, 6.07) is 11.1. The van der Waals surface area contributed by atoms with E-state index in [2.05, 4.69) is 0 Å². The molecule has 0 spiro atoms. The van der Waals surface area contributed by atoms with Crippen LogP contribution < -0.4 is 0 Å². The van der Waals surface area contributed by atoms with Gasteiger partial charge in [-0.3, -0.25) is 14.4 Å². The molecular formula is C25H27NO5. The van der Waals surface area contributed by atoms with Crippen LogP contribution in [0.3, 0.4) is 0 Å². The molecule has 1 aliphatic carbocycles. The Morgan fingerprint density at radius 3 is 1.97 bits per heavy atom. The van der Waals surface area contributed by atoms with E-state index in [1.807, 2.05) is 27.7 Å². The summed E-state index contributed by atoms with van der Waals surface area (Å²) in [5.74, 6) is -1.78. The summed E-state index contributed by atoms with van der Waals surface area (Å²) >= 11 is 0. The van der Waals surface area contributed by atoms with E-state index in [4.69, 9.17) is 4.74 Å². The molecule has 162 valence electrons. The minimum atomic E-state index is -0.793. The molecule has 0 aliphatic heterocycles. The molecule has 2 aromatic carbocycles. The van der Waals surface area contributed by atoms with E-state index in [0.717, 1.165) is 12.8 Å². The maximum atomic E-state index is 13.0. The normalized spacial score (nSPS) is 14.3. The number of carbonyl (C=O) groups is 4. The minimum absolute atomic E-state index is 0.00298. The third kappa shape index (κ3) is 4.15. The third-order valence-electron chi connectivity index (χ3n) is 5.92. The summed E-state index contributed by atoms with van der Waals surface area (Å²) in [5, 5.41) is 0. The van der Waals surface area contributed by atoms with Gasteiger partial charge < -0.3 is 9.64 Å². The first-order valence-electron chi connectivity index (χ1n) is 10.6. The number of nitrogens with zero attached hydrogens (tertiary/aromatic N) is 1. The second-order valence-electron chi connectivity index (χ2n) is 7.82. The van der Waals surface area contributed by atoms with E-state index in [0.29, 0.717) is 5.56 Å². The Labute approximate surface area is 182 Å². The number of ether oxygens (including phenoxy) is 1. The van der Waals surface area contributed by atoms with Crippen LogP contribution in [-0.2, 0) is 9.53 Å². The third-order valence-corrected chi connectivity index (χ3v) is 5.92. The predicted molar refractivity (Wildman–Crippen MR) is 116 cm³/mol. The van der Waals surface area contributed by atoms with Crippen molar-refractivity contribution >= 4 is 23.4 Å². The highest BCUT2D eigenvalue weighted by Gasteiger charge is 2.33. The van der Waals surface area contributed by atoms with Crippen LogP contribution in [0.5, 0.6) is 0 Å².